The molecule has 0 saturated carbocycles. The average Bonchev–Trinajstić information content (AvgIpc) is 2.99. The molecule has 3 heterocycles. The van der Waals surface area contributed by atoms with Crippen molar-refractivity contribution >= 4 is 27.5 Å². The van der Waals surface area contributed by atoms with Crippen molar-refractivity contribution in [3.8, 4) is 5.88 Å². The number of fused-ring (bicyclic) bond motifs is 1. The summed E-state index contributed by atoms with van der Waals surface area (Å²) in [6.07, 6.45) is 2.42. The molecule has 3 aromatic heterocycles. The number of methoxy groups -OCH3 is 2. The second-order valence-electron chi connectivity index (χ2n) is 5.65. The first-order chi connectivity index (χ1) is 12.6. The van der Waals surface area contributed by atoms with Gasteiger partial charge in [0.2, 0.25) is 5.88 Å². The number of aryl methyl sites for hydroxylation is 1. The Morgan fingerprint density at radius 2 is 2.12 bits per heavy atom. The van der Waals surface area contributed by atoms with Gasteiger partial charge in [0.1, 0.15) is 11.4 Å². The molecule has 0 fully saturated rings. The third-order valence-corrected chi connectivity index (χ3v) is 5.05. The number of hydrogen-bond donors (Lipinski definition) is 1. The Morgan fingerprint density at radius 3 is 2.81 bits per heavy atom. The maximum absolute atomic E-state index is 12.6. The number of carbonyl (C=O) groups excluding carboxylic acids is 1. The highest BCUT2D eigenvalue weighted by Crippen LogP contribution is 2.34. The van der Waals surface area contributed by atoms with Gasteiger partial charge in [0.25, 0.3) is 5.91 Å². The molecule has 1 amide bonds. The zero-order valence-electron chi connectivity index (χ0n) is 14.9. The van der Waals surface area contributed by atoms with Gasteiger partial charge in [-0.1, -0.05) is 6.07 Å². The van der Waals surface area contributed by atoms with Crippen molar-refractivity contribution in [1.29, 1.82) is 0 Å². The van der Waals surface area contributed by atoms with Crippen LogP contribution in [-0.4, -0.2) is 41.6 Å². The second-order valence-corrected chi connectivity index (χ2v) is 6.64. The number of ether oxygens (including phenoxy) is 2. The molecule has 136 valence electrons. The zero-order chi connectivity index (χ0) is 18.5. The fraction of sp³-hybridized carbons (Fsp3) is 0.333. The van der Waals surface area contributed by atoms with E-state index in [4.69, 9.17) is 9.47 Å². The number of aromatic nitrogens is 3. The summed E-state index contributed by atoms with van der Waals surface area (Å²) in [5.41, 5.74) is 1.76. The quantitative estimate of drug-likeness (QED) is 0.686. The standard InChI is InChI=1S/C18H20N4O3S/c1-11-14-17(25-3)21-13(10-24-2)22-18(14)26-15(11)16(23)20-9-7-12-6-4-5-8-19-12/h4-6,8H,7,9-10H2,1-3H3,(H,20,23). The smallest absolute Gasteiger partial charge is 0.261 e. The lowest BCUT2D eigenvalue weighted by Gasteiger charge is -2.05. The molecule has 0 unspecified atom stereocenters. The van der Waals surface area contributed by atoms with Crippen LogP contribution in [0.3, 0.4) is 0 Å². The fourth-order valence-electron chi connectivity index (χ4n) is 2.63. The summed E-state index contributed by atoms with van der Waals surface area (Å²) >= 11 is 1.33. The number of amides is 1. The number of hydrogen-bond acceptors (Lipinski definition) is 7. The number of carbonyl (C=O) groups is 1. The van der Waals surface area contributed by atoms with E-state index in [0.717, 1.165) is 21.5 Å². The summed E-state index contributed by atoms with van der Waals surface area (Å²) in [4.78, 5) is 27.0. The molecule has 1 N–H and O–H groups in total. The van der Waals surface area contributed by atoms with Crippen molar-refractivity contribution in [3.05, 3.63) is 46.4 Å². The van der Waals surface area contributed by atoms with Gasteiger partial charge in [0.05, 0.1) is 17.4 Å². The topological polar surface area (TPSA) is 86.2 Å². The number of pyridine rings is 1. The molecule has 7 nitrogen and oxygen atoms in total. The van der Waals surface area contributed by atoms with E-state index in [1.807, 2.05) is 25.1 Å². The van der Waals surface area contributed by atoms with Crippen molar-refractivity contribution in [2.45, 2.75) is 20.0 Å². The summed E-state index contributed by atoms with van der Waals surface area (Å²) in [5, 5.41) is 3.71. The van der Waals surface area contributed by atoms with Crippen LogP contribution >= 0.6 is 11.3 Å². The van der Waals surface area contributed by atoms with Gasteiger partial charge in [-0.3, -0.25) is 9.78 Å². The highest BCUT2D eigenvalue weighted by atomic mass is 32.1. The summed E-state index contributed by atoms with van der Waals surface area (Å²) in [6.45, 7) is 2.69. The normalized spacial score (nSPS) is 10.9. The molecule has 0 aliphatic carbocycles. The first-order valence-corrected chi connectivity index (χ1v) is 8.96. The monoisotopic (exact) mass is 372 g/mol. The average molecular weight is 372 g/mol. The minimum atomic E-state index is -0.128. The summed E-state index contributed by atoms with van der Waals surface area (Å²) in [5.74, 6) is 0.861. The van der Waals surface area contributed by atoms with E-state index in [2.05, 4.69) is 20.3 Å². The lowest BCUT2D eigenvalue weighted by atomic mass is 10.2. The Kier molecular flexibility index (Phi) is 5.75. The van der Waals surface area contributed by atoms with Gasteiger partial charge in [-0.2, -0.15) is 4.98 Å². The molecule has 8 heteroatoms. The van der Waals surface area contributed by atoms with E-state index in [1.54, 1.807) is 20.4 Å². The molecule has 0 aliphatic rings. The largest absolute Gasteiger partial charge is 0.480 e. The number of nitrogens with one attached hydrogen (secondary N) is 1. The molecule has 0 bridgehead atoms. The van der Waals surface area contributed by atoms with Gasteiger partial charge >= 0.3 is 0 Å². The fourth-order valence-corrected chi connectivity index (χ4v) is 3.74. The number of rotatable bonds is 7. The van der Waals surface area contributed by atoms with E-state index < -0.39 is 0 Å². The minimum Gasteiger partial charge on any atom is -0.480 e. The predicted molar refractivity (Wildman–Crippen MR) is 99.7 cm³/mol. The van der Waals surface area contributed by atoms with Crippen LogP contribution in [-0.2, 0) is 17.8 Å². The molecule has 0 aromatic carbocycles. The van der Waals surface area contributed by atoms with Gasteiger partial charge in [-0.15, -0.1) is 11.3 Å². The summed E-state index contributed by atoms with van der Waals surface area (Å²) in [7, 11) is 3.14. The molecule has 0 radical (unpaired) electrons. The second kappa shape index (κ2) is 8.20. The molecular weight excluding hydrogens is 352 g/mol. The van der Waals surface area contributed by atoms with E-state index in [1.165, 1.54) is 11.3 Å². The molecule has 3 aromatic rings. The number of nitrogens with zero attached hydrogens (tertiary/aromatic N) is 3. The van der Waals surface area contributed by atoms with Crippen LogP contribution in [0.2, 0.25) is 0 Å². The van der Waals surface area contributed by atoms with Crippen LogP contribution in [0.1, 0.15) is 26.8 Å². The molecule has 3 rings (SSSR count). The van der Waals surface area contributed by atoms with E-state index in [9.17, 15) is 4.79 Å². The van der Waals surface area contributed by atoms with E-state index >= 15 is 0 Å². The van der Waals surface area contributed by atoms with Gasteiger partial charge in [-0.05, 0) is 24.6 Å². The van der Waals surface area contributed by atoms with Gasteiger partial charge in [0, 0.05) is 32.0 Å². The van der Waals surface area contributed by atoms with Crippen molar-refractivity contribution in [3.63, 3.8) is 0 Å². The van der Waals surface area contributed by atoms with Crippen LogP contribution in [0.5, 0.6) is 5.88 Å². The third-order valence-electron chi connectivity index (χ3n) is 3.87. The van der Waals surface area contributed by atoms with Gasteiger partial charge in [-0.25, -0.2) is 4.98 Å². The molecule has 0 aliphatic heterocycles. The van der Waals surface area contributed by atoms with Crippen LogP contribution < -0.4 is 10.1 Å². The Balaban J connectivity index is 1.80. The molecule has 0 spiro atoms. The lowest BCUT2D eigenvalue weighted by molar-refractivity contribution is 0.0957. The summed E-state index contributed by atoms with van der Waals surface area (Å²) in [6, 6.07) is 5.74. The third kappa shape index (κ3) is 3.81. The van der Waals surface area contributed by atoms with E-state index in [-0.39, 0.29) is 12.5 Å². The molecular formula is C18H20N4O3S. The molecule has 26 heavy (non-hydrogen) atoms. The Hall–Kier alpha value is -2.58. The van der Waals surface area contributed by atoms with Crippen molar-refractivity contribution in [1.82, 2.24) is 20.3 Å². The Bertz CT molecular complexity index is 912. The first kappa shape index (κ1) is 18.2. The van der Waals surface area contributed by atoms with E-state index in [0.29, 0.717) is 29.5 Å². The highest BCUT2D eigenvalue weighted by molar-refractivity contribution is 7.20. The zero-order valence-corrected chi connectivity index (χ0v) is 15.7. The molecule has 0 atom stereocenters. The Labute approximate surface area is 155 Å². The van der Waals surface area contributed by atoms with Crippen molar-refractivity contribution in [2.75, 3.05) is 20.8 Å². The number of thiophene rings is 1. The summed E-state index contributed by atoms with van der Waals surface area (Å²) < 4.78 is 10.5. The Morgan fingerprint density at radius 1 is 1.27 bits per heavy atom. The van der Waals surface area contributed by atoms with Crippen molar-refractivity contribution < 1.29 is 14.3 Å². The highest BCUT2D eigenvalue weighted by Gasteiger charge is 2.21. The van der Waals surface area contributed by atoms with Crippen LogP contribution in [0.25, 0.3) is 10.2 Å². The SMILES string of the molecule is COCc1nc(OC)c2c(C)c(C(=O)NCCc3ccccn3)sc2n1. The maximum Gasteiger partial charge on any atom is 0.261 e. The lowest BCUT2D eigenvalue weighted by Crippen LogP contribution is -2.25. The van der Waals surface area contributed by atoms with Gasteiger partial charge in [0.15, 0.2) is 5.82 Å². The molecule has 0 saturated heterocycles. The predicted octanol–water partition coefficient (Wildman–Crippen LogP) is 2.52. The van der Waals surface area contributed by atoms with Gasteiger partial charge < -0.3 is 14.8 Å². The van der Waals surface area contributed by atoms with Crippen LogP contribution in [0.4, 0.5) is 0 Å². The van der Waals surface area contributed by atoms with Crippen LogP contribution in [0, 0.1) is 6.92 Å². The maximum atomic E-state index is 12.6. The van der Waals surface area contributed by atoms with Crippen LogP contribution in [0.15, 0.2) is 24.4 Å². The first-order valence-electron chi connectivity index (χ1n) is 8.15. The minimum absolute atomic E-state index is 0.128. The van der Waals surface area contributed by atoms with Crippen molar-refractivity contribution in [2.24, 2.45) is 0 Å².